The third-order valence-corrected chi connectivity index (χ3v) is 4.27. The molecule has 25 heavy (non-hydrogen) atoms. The first-order chi connectivity index (χ1) is 12.1. The van der Waals surface area contributed by atoms with Crippen molar-refractivity contribution >= 4 is 29.1 Å². The summed E-state index contributed by atoms with van der Waals surface area (Å²) in [5.74, 6) is 1.41. The van der Waals surface area contributed by atoms with E-state index in [0.717, 1.165) is 37.8 Å². The van der Waals surface area contributed by atoms with Gasteiger partial charge in [0.05, 0.1) is 19.3 Å². The van der Waals surface area contributed by atoms with Gasteiger partial charge in [-0.05, 0) is 31.6 Å². The molecule has 1 saturated heterocycles. The SMILES string of the molecule is Cc1cc(N2CCOCC2)nc(NC(=S)NC(C)c2ccccc2)n1. The largest absolute Gasteiger partial charge is 0.378 e. The van der Waals surface area contributed by atoms with Gasteiger partial charge in [-0.2, -0.15) is 4.98 Å². The number of ether oxygens (including phenoxy) is 1. The molecule has 1 aromatic heterocycles. The van der Waals surface area contributed by atoms with Crippen LogP contribution in [0.25, 0.3) is 0 Å². The lowest BCUT2D eigenvalue weighted by Gasteiger charge is -2.28. The monoisotopic (exact) mass is 357 g/mol. The molecule has 3 rings (SSSR count). The van der Waals surface area contributed by atoms with Crippen LogP contribution in [0.1, 0.15) is 24.2 Å². The summed E-state index contributed by atoms with van der Waals surface area (Å²) in [6.07, 6.45) is 0. The second kappa shape index (κ2) is 8.22. The molecule has 132 valence electrons. The second-order valence-corrected chi connectivity index (χ2v) is 6.43. The molecule has 1 aliphatic heterocycles. The maximum Gasteiger partial charge on any atom is 0.231 e. The van der Waals surface area contributed by atoms with Crippen LogP contribution in [0.5, 0.6) is 0 Å². The van der Waals surface area contributed by atoms with Crippen LogP contribution in [0.3, 0.4) is 0 Å². The van der Waals surface area contributed by atoms with E-state index in [-0.39, 0.29) is 6.04 Å². The fourth-order valence-electron chi connectivity index (χ4n) is 2.72. The van der Waals surface area contributed by atoms with Gasteiger partial charge in [0.25, 0.3) is 0 Å². The molecule has 2 aromatic rings. The number of morpholine rings is 1. The molecule has 7 heteroatoms. The van der Waals surface area contributed by atoms with Crippen molar-refractivity contribution in [3.8, 4) is 0 Å². The molecule has 1 unspecified atom stereocenters. The van der Waals surface area contributed by atoms with E-state index in [1.807, 2.05) is 31.2 Å². The lowest BCUT2D eigenvalue weighted by atomic mass is 10.1. The molecule has 0 bridgehead atoms. The summed E-state index contributed by atoms with van der Waals surface area (Å²) < 4.78 is 5.40. The van der Waals surface area contributed by atoms with Gasteiger partial charge in [-0.1, -0.05) is 30.3 Å². The standard InChI is InChI=1S/C18H23N5OS/c1-13-12-16(23-8-10-24-11-9-23)21-17(19-13)22-18(25)20-14(2)15-6-4-3-5-7-15/h3-7,12,14H,8-11H2,1-2H3,(H2,19,20,21,22,25). The van der Waals surface area contributed by atoms with Crippen molar-refractivity contribution in [2.24, 2.45) is 0 Å². The fourth-order valence-corrected chi connectivity index (χ4v) is 2.99. The van der Waals surface area contributed by atoms with Gasteiger partial charge in [0.2, 0.25) is 5.95 Å². The first-order valence-electron chi connectivity index (χ1n) is 8.42. The Hall–Kier alpha value is -2.25. The molecule has 0 radical (unpaired) electrons. The summed E-state index contributed by atoms with van der Waals surface area (Å²) in [6.45, 7) is 7.15. The predicted molar refractivity (Wildman–Crippen MR) is 104 cm³/mol. The van der Waals surface area contributed by atoms with Gasteiger partial charge >= 0.3 is 0 Å². The number of anilines is 2. The van der Waals surface area contributed by atoms with Crippen LogP contribution in [0.15, 0.2) is 36.4 Å². The Kier molecular flexibility index (Phi) is 5.78. The van der Waals surface area contributed by atoms with Gasteiger partial charge in [-0.3, -0.25) is 0 Å². The zero-order valence-corrected chi connectivity index (χ0v) is 15.3. The number of thiocarbonyl (C=S) groups is 1. The Morgan fingerprint density at radius 2 is 1.92 bits per heavy atom. The minimum Gasteiger partial charge on any atom is -0.378 e. The number of nitrogens with zero attached hydrogens (tertiary/aromatic N) is 3. The molecule has 2 N–H and O–H groups in total. The van der Waals surface area contributed by atoms with Gasteiger partial charge in [-0.25, -0.2) is 4.98 Å². The fraction of sp³-hybridized carbons (Fsp3) is 0.389. The van der Waals surface area contributed by atoms with E-state index in [4.69, 9.17) is 17.0 Å². The molecule has 1 fully saturated rings. The van der Waals surface area contributed by atoms with E-state index in [1.165, 1.54) is 5.56 Å². The number of benzene rings is 1. The molecule has 0 aliphatic carbocycles. The van der Waals surface area contributed by atoms with Crippen LogP contribution in [-0.4, -0.2) is 41.4 Å². The predicted octanol–water partition coefficient (Wildman–Crippen LogP) is 2.67. The van der Waals surface area contributed by atoms with Crippen molar-refractivity contribution in [2.75, 3.05) is 36.5 Å². The van der Waals surface area contributed by atoms with Gasteiger partial charge in [0, 0.05) is 24.8 Å². The topological polar surface area (TPSA) is 62.3 Å². The van der Waals surface area contributed by atoms with Gasteiger partial charge < -0.3 is 20.3 Å². The molecule has 2 heterocycles. The average Bonchev–Trinajstić information content (AvgIpc) is 2.62. The van der Waals surface area contributed by atoms with E-state index in [9.17, 15) is 0 Å². The third kappa shape index (κ3) is 4.87. The van der Waals surface area contributed by atoms with Crippen molar-refractivity contribution in [2.45, 2.75) is 19.9 Å². The smallest absolute Gasteiger partial charge is 0.231 e. The third-order valence-electron chi connectivity index (χ3n) is 4.05. The summed E-state index contributed by atoms with van der Waals surface area (Å²) in [5.41, 5.74) is 2.07. The molecule has 1 aliphatic rings. The summed E-state index contributed by atoms with van der Waals surface area (Å²) >= 11 is 5.42. The molecule has 1 atom stereocenters. The summed E-state index contributed by atoms with van der Waals surface area (Å²) in [6, 6.07) is 12.3. The number of aromatic nitrogens is 2. The Morgan fingerprint density at radius 3 is 2.64 bits per heavy atom. The first kappa shape index (κ1) is 17.6. The molecule has 0 saturated carbocycles. The van der Waals surface area contributed by atoms with Crippen LogP contribution in [0.4, 0.5) is 11.8 Å². The van der Waals surface area contributed by atoms with Gasteiger partial charge in [0.15, 0.2) is 5.11 Å². The van der Waals surface area contributed by atoms with E-state index >= 15 is 0 Å². The van der Waals surface area contributed by atoms with Gasteiger partial charge in [0.1, 0.15) is 5.82 Å². The van der Waals surface area contributed by atoms with Crippen molar-refractivity contribution in [1.82, 2.24) is 15.3 Å². The number of aryl methyl sites for hydroxylation is 1. The Balaban J connectivity index is 1.65. The number of hydrogen-bond donors (Lipinski definition) is 2. The summed E-state index contributed by atoms with van der Waals surface area (Å²) in [4.78, 5) is 11.2. The Morgan fingerprint density at radius 1 is 1.20 bits per heavy atom. The molecule has 0 amide bonds. The molecule has 0 spiro atoms. The lowest BCUT2D eigenvalue weighted by molar-refractivity contribution is 0.122. The molecular formula is C18H23N5OS. The van der Waals surface area contributed by atoms with Crippen LogP contribution < -0.4 is 15.5 Å². The number of nitrogens with one attached hydrogen (secondary N) is 2. The maximum absolute atomic E-state index is 5.42. The first-order valence-corrected chi connectivity index (χ1v) is 8.83. The van der Waals surface area contributed by atoms with E-state index in [0.29, 0.717) is 11.1 Å². The second-order valence-electron chi connectivity index (χ2n) is 6.02. The van der Waals surface area contributed by atoms with Crippen LogP contribution in [-0.2, 0) is 4.74 Å². The average molecular weight is 357 g/mol. The van der Waals surface area contributed by atoms with E-state index in [2.05, 4.69) is 44.6 Å². The minimum absolute atomic E-state index is 0.102. The lowest BCUT2D eigenvalue weighted by Crippen LogP contribution is -2.37. The zero-order chi connectivity index (χ0) is 17.6. The van der Waals surface area contributed by atoms with Crippen molar-refractivity contribution < 1.29 is 4.74 Å². The Bertz CT molecular complexity index is 719. The quantitative estimate of drug-likeness (QED) is 0.816. The van der Waals surface area contributed by atoms with Crippen LogP contribution >= 0.6 is 12.2 Å². The highest BCUT2D eigenvalue weighted by molar-refractivity contribution is 7.80. The maximum atomic E-state index is 5.42. The van der Waals surface area contributed by atoms with Crippen molar-refractivity contribution in [1.29, 1.82) is 0 Å². The summed E-state index contributed by atoms with van der Waals surface area (Å²) in [7, 11) is 0. The number of hydrogen-bond acceptors (Lipinski definition) is 5. The highest BCUT2D eigenvalue weighted by atomic mass is 32.1. The molecular weight excluding hydrogens is 334 g/mol. The molecule has 1 aromatic carbocycles. The van der Waals surface area contributed by atoms with Crippen LogP contribution in [0.2, 0.25) is 0 Å². The minimum atomic E-state index is 0.102. The van der Waals surface area contributed by atoms with Crippen molar-refractivity contribution in [3.63, 3.8) is 0 Å². The van der Waals surface area contributed by atoms with E-state index in [1.54, 1.807) is 0 Å². The van der Waals surface area contributed by atoms with Crippen LogP contribution in [0, 0.1) is 6.92 Å². The van der Waals surface area contributed by atoms with E-state index < -0.39 is 0 Å². The van der Waals surface area contributed by atoms with Gasteiger partial charge in [-0.15, -0.1) is 0 Å². The highest BCUT2D eigenvalue weighted by Gasteiger charge is 2.15. The number of rotatable bonds is 4. The normalized spacial score (nSPS) is 15.5. The zero-order valence-electron chi connectivity index (χ0n) is 14.5. The Labute approximate surface area is 153 Å². The molecule has 6 nitrogen and oxygen atoms in total. The van der Waals surface area contributed by atoms with Crippen molar-refractivity contribution in [3.05, 3.63) is 47.7 Å². The highest BCUT2D eigenvalue weighted by Crippen LogP contribution is 2.17. The summed E-state index contributed by atoms with van der Waals surface area (Å²) in [5, 5.41) is 6.88.